The van der Waals surface area contributed by atoms with Gasteiger partial charge in [-0.1, -0.05) is 0 Å². The molecule has 0 unspecified atom stereocenters. The molecule has 0 saturated carbocycles. The van der Waals surface area contributed by atoms with Crippen LogP contribution in [0.5, 0.6) is 0 Å². The molecule has 10 heavy (non-hydrogen) atoms. The summed E-state index contributed by atoms with van der Waals surface area (Å²) in [5.41, 5.74) is 0.590. The van der Waals surface area contributed by atoms with E-state index in [4.69, 9.17) is 4.42 Å². The van der Waals surface area contributed by atoms with E-state index in [1.54, 1.807) is 12.5 Å². The minimum atomic E-state index is 0.590. The number of furan rings is 1. The van der Waals surface area contributed by atoms with Crippen molar-refractivity contribution in [1.29, 1.82) is 0 Å². The number of hydrogen-bond donors (Lipinski definition) is 0. The minimum absolute atomic E-state index is 0.590. The molecule has 2 aromatic rings. The Morgan fingerprint density at radius 1 is 1.70 bits per heavy atom. The van der Waals surface area contributed by atoms with Crippen molar-refractivity contribution in [3.8, 4) is 0 Å². The van der Waals surface area contributed by atoms with Crippen LogP contribution < -0.4 is 0 Å². The zero-order valence-electron chi connectivity index (χ0n) is 5.19. The highest BCUT2D eigenvalue weighted by molar-refractivity contribution is 5.71. The van der Waals surface area contributed by atoms with E-state index in [1.165, 1.54) is 4.79 Å². The molecule has 0 aliphatic heterocycles. The van der Waals surface area contributed by atoms with Crippen LogP contribution in [0.25, 0.3) is 11.1 Å². The molecule has 50 valence electrons. The molecule has 0 atom stereocenters. The summed E-state index contributed by atoms with van der Waals surface area (Å²) in [4.78, 5) is 1.37. The fourth-order valence-corrected chi connectivity index (χ4v) is 0.809. The fraction of sp³-hybridized carbons (Fsp3) is 0. The van der Waals surface area contributed by atoms with Crippen LogP contribution in [-0.4, -0.2) is 16.6 Å². The van der Waals surface area contributed by atoms with E-state index in [2.05, 4.69) is 16.9 Å². The molecule has 4 nitrogen and oxygen atoms in total. The minimum Gasteiger partial charge on any atom is -0.445 e. The van der Waals surface area contributed by atoms with Gasteiger partial charge in [-0.2, -0.15) is 9.89 Å². The van der Waals surface area contributed by atoms with E-state index >= 15 is 0 Å². The number of nitrogens with zero attached hydrogens (tertiary/aromatic N) is 3. The lowest BCUT2D eigenvalue weighted by Crippen LogP contribution is -1.84. The van der Waals surface area contributed by atoms with E-state index in [0.717, 1.165) is 5.39 Å². The third kappa shape index (κ3) is 0.556. The molecule has 0 amide bonds. The summed E-state index contributed by atoms with van der Waals surface area (Å²) in [6.07, 6.45) is 3.33. The zero-order chi connectivity index (χ0) is 6.97. The lowest BCUT2D eigenvalue weighted by atomic mass is 10.5. The van der Waals surface area contributed by atoms with Gasteiger partial charge in [0.25, 0.3) is 0 Å². The smallest absolute Gasteiger partial charge is 0.247 e. The molecule has 0 aliphatic carbocycles. The Hall–Kier alpha value is -1.58. The Morgan fingerprint density at radius 3 is 3.30 bits per heavy atom. The van der Waals surface area contributed by atoms with E-state index in [0.29, 0.717) is 5.71 Å². The summed E-state index contributed by atoms with van der Waals surface area (Å²) < 4.78 is 4.98. The first-order valence-electron chi connectivity index (χ1n) is 2.80. The molecule has 0 saturated heterocycles. The summed E-state index contributed by atoms with van der Waals surface area (Å²) in [7, 11) is 0. The molecular weight excluding hydrogens is 130 g/mol. The van der Waals surface area contributed by atoms with Gasteiger partial charge in [-0.25, -0.2) is 0 Å². The van der Waals surface area contributed by atoms with Gasteiger partial charge in [0.15, 0.2) is 0 Å². The Kier molecular flexibility index (Phi) is 0.887. The molecule has 4 heteroatoms. The zero-order valence-corrected chi connectivity index (χ0v) is 5.19. The normalized spacial score (nSPS) is 10.4. The van der Waals surface area contributed by atoms with Gasteiger partial charge in [0, 0.05) is 6.72 Å². The third-order valence-corrected chi connectivity index (χ3v) is 1.27. The van der Waals surface area contributed by atoms with Crippen LogP contribution in [0.4, 0.5) is 0 Å². The Morgan fingerprint density at radius 2 is 2.60 bits per heavy atom. The lowest BCUT2D eigenvalue weighted by molar-refractivity contribution is 0.585. The second-order valence-corrected chi connectivity index (χ2v) is 1.87. The molecule has 0 radical (unpaired) electrons. The van der Waals surface area contributed by atoms with Gasteiger partial charge in [0.2, 0.25) is 5.71 Å². The standard InChI is InChI=1S/C6H5N3O/c1-7-9-4-5-2-3-10-6(5)8-9/h2-4H,1H2. The van der Waals surface area contributed by atoms with Crippen molar-refractivity contribution in [3.63, 3.8) is 0 Å². The highest BCUT2D eigenvalue weighted by atomic mass is 16.3. The van der Waals surface area contributed by atoms with E-state index in [9.17, 15) is 0 Å². The highest BCUT2D eigenvalue weighted by Gasteiger charge is 1.99. The van der Waals surface area contributed by atoms with Crippen LogP contribution >= 0.6 is 0 Å². The maximum atomic E-state index is 4.98. The summed E-state index contributed by atoms with van der Waals surface area (Å²) >= 11 is 0. The van der Waals surface area contributed by atoms with Crippen LogP contribution in [0.1, 0.15) is 0 Å². The molecule has 2 heterocycles. The Balaban J connectivity index is 2.78. The van der Waals surface area contributed by atoms with Gasteiger partial charge in [-0.15, -0.1) is 5.10 Å². The fourth-order valence-electron chi connectivity index (χ4n) is 0.809. The van der Waals surface area contributed by atoms with E-state index in [-0.39, 0.29) is 0 Å². The van der Waals surface area contributed by atoms with Crippen LogP contribution in [0.15, 0.2) is 28.0 Å². The molecule has 0 N–H and O–H groups in total. The van der Waals surface area contributed by atoms with Crippen molar-refractivity contribution >= 4 is 17.8 Å². The topological polar surface area (TPSA) is 43.3 Å². The first-order chi connectivity index (χ1) is 4.90. The van der Waals surface area contributed by atoms with E-state index in [1.807, 2.05) is 6.07 Å². The van der Waals surface area contributed by atoms with E-state index < -0.39 is 0 Å². The van der Waals surface area contributed by atoms with Crippen LogP contribution in [-0.2, 0) is 0 Å². The van der Waals surface area contributed by atoms with Gasteiger partial charge in [0.05, 0.1) is 17.8 Å². The average molecular weight is 135 g/mol. The highest BCUT2D eigenvalue weighted by Crippen LogP contribution is 2.11. The van der Waals surface area contributed by atoms with Crippen molar-refractivity contribution < 1.29 is 4.42 Å². The largest absolute Gasteiger partial charge is 0.445 e. The summed E-state index contributed by atoms with van der Waals surface area (Å²) in [5.74, 6) is 0. The summed E-state index contributed by atoms with van der Waals surface area (Å²) in [5, 5.41) is 8.43. The third-order valence-electron chi connectivity index (χ3n) is 1.27. The molecule has 0 bridgehead atoms. The SMILES string of the molecule is C=Nn1cc2ccoc2n1. The monoisotopic (exact) mass is 135 g/mol. The number of aromatic nitrogens is 2. The first kappa shape index (κ1) is 5.22. The quantitative estimate of drug-likeness (QED) is 0.549. The van der Waals surface area contributed by atoms with Gasteiger partial charge < -0.3 is 4.42 Å². The van der Waals surface area contributed by atoms with Gasteiger partial charge in [-0.3, -0.25) is 0 Å². The maximum absolute atomic E-state index is 4.98. The second kappa shape index (κ2) is 1.70. The predicted octanol–water partition coefficient (Wildman–Crippen LogP) is 1.09. The van der Waals surface area contributed by atoms with Gasteiger partial charge in [-0.05, 0) is 6.07 Å². The molecule has 0 aliphatic rings. The number of fused-ring (bicyclic) bond motifs is 1. The van der Waals surface area contributed by atoms with Gasteiger partial charge >= 0.3 is 0 Å². The molecule has 0 spiro atoms. The molecule has 2 rings (SSSR count). The lowest BCUT2D eigenvalue weighted by Gasteiger charge is -1.81. The van der Waals surface area contributed by atoms with Crippen LogP contribution in [0.2, 0.25) is 0 Å². The van der Waals surface area contributed by atoms with Crippen LogP contribution in [0.3, 0.4) is 0 Å². The predicted molar refractivity (Wildman–Crippen MR) is 36.9 cm³/mol. The Bertz CT molecular complexity index is 331. The van der Waals surface area contributed by atoms with Crippen molar-refractivity contribution in [1.82, 2.24) is 9.89 Å². The van der Waals surface area contributed by atoms with Crippen molar-refractivity contribution in [3.05, 3.63) is 18.5 Å². The number of rotatable bonds is 1. The molecular formula is C6H5N3O. The van der Waals surface area contributed by atoms with Crippen molar-refractivity contribution in [2.45, 2.75) is 0 Å². The molecule has 2 aromatic heterocycles. The van der Waals surface area contributed by atoms with Crippen molar-refractivity contribution in [2.75, 3.05) is 0 Å². The molecule has 0 aromatic carbocycles. The number of hydrogen-bond acceptors (Lipinski definition) is 3. The average Bonchev–Trinajstić information content (AvgIpc) is 2.42. The molecule has 0 fully saturated rings. The van der Waals surface area contributed by atoms with Crippen molar-refractivity contribution in [2.24, 2.45) is 5.10 Å². The van der Waals surface area contributed by atoms with Crippen LogP contribution in [0, 0.1) is 0 Å². The van der Waals surface area contributed by atoms with Gasteiger partial charge in [0.1, 0.15) is 0 Å². The Labute approximate surface area is 56.7 Å². The summed E-state index contributed by atoms with van der Waals surface area (Å²) in [6.45, 7) is 3.31. The summed E-state index contributed by atoms with van der Waals surface area (Å²) in [6, 6.07) is 1.82. The maximum Gasteiger partial charge on any atom is 0.247 e. The first-order valence-corrected chi connectivity index (χ1v) is 2.80. The second-order valence-electron chi connectivity index (χ2n) is 1.87.